The van der Waals surface area contributed by atoms with Gasteiger partial charge < -0.3 is 15.5 Å². The molecule has 1 aliphatic rings. The number of benzene rings is 1. The predicted octanol–water partition coefficient (Wildman–Crippen LogP) is 2.37. The van der Waals surface area contributed by atoms with Crippen LogP contribution in [0.3, 0.4) is 0 Å². The van der Waals surface area contributed by atoms with Crippen LogP contribution in [0.25, 0.3) is 0 Å². The number of carbonyl (C=O) groups excluding carboxylic acids is 2. The van der Waals surface area contributed by atoms with Crippen LogP contribution in [-0.2, 0) is 9.59 Å². The summed E-state index contributed by atoms with van der Waals surface area (Å²) in [6, 6.07) is 7.57. The van der Waals surface area contributed by atoms with Crippen LogP contribution < -0.4 is 10.6 Å². The SMILES string of the molecule is CC(C)CC(=O)NCCC(=O)N1CCNCC1c1ccccc1Cl. The highest BCUT2D eigenvalue weighted by Gasteiger charge is 2.28. The fourth-order valence-electron chi connectivity index (χ4n) is 2.92. The molecule has 1 aromatic carbocycles. The van der Waals surface area contributed by atoms with Gasteiger partial charge in [0.2, 0.25) is 11.8 Å². The Hall–Kier alpha value is -1.59. The average molecular weight is 352 g/mol. The Morgan fingerprint density at radius 1 is 1.38 bits per heavy atom. The molecule has 0 aliphatic carbocycles. The molecule has 0 aromatic heterocycles. The van der Waals surface area contributed by atoms with Crippen LogP contribution in [0, 0.1) is 5.92 Å². The zero-order valence-electron chi connectivity index (χ0n) is 14.3. The van der Waals surface area contributed by atoms with Crippen molar-refractivity contribution in [3.05, 3.63) is 34.9 Å². The molecule has 2 amide bonds. The van der Waals surface area contributed by atoms with E-state index in [-0.39, 0.29) is 17.9 Å². The lowest BCUT2D eigenvalue weighted by atomic mass is 10.0. The normalized spacial score (nSPS) is 17.8. The monoisotopic (exact) mass is 351 g/mol. The third kappa shape index (κ3) is 5.21. The first-order valence-electron chi connectivity index (χ1n) is 8.50. The summed E-state index contributed by atoms with van der Waals surface area (Å²) in [6.07, 6.45) is 0.800. The van der Waals surface area contributed by atoms with Gasteiger partial charge in [0.15, 0.2) is 0 Å². The summed E-state index contributed by atoms with van der Waals surface area (Å²) >= 11 is 6.30. The number of amides is 2. The quantitative estimate of drug-likeness (QED) is 0.827. The summed E-state index contributed by atoms with van der Waals surface area (Å²) in [7, 11) is 0. The molecule has 2 N–H and O–H groups in total. The van der Waals surface area contributed by atoms with E-state index in [1.807, 2.05) is 43.0 Å². The van der Waals surface area contributed by atoms with Crippen LogP contribution in [0.1, 0.15) is 38.3 Å². The lowest BCUT2D eigenvalue weighted by Gasteiger charge is -2.37. The molecule has 0 bridgehead atoms. The van der Waals surface area contributed by atoms with Gasteiger partial charge in [-0.2, -0.15) is 0 Å². The van der Waals surface area contributed by atoms with Gasteiger partial charge in [-0.05, 0) is 17.5 Å². The number of hydrogen-bond donors (Lipinski definition) is 2. The number of rotatable bonds is 6. The van der Waals surface area contributed by atoms with Crippen molar-refractivity contribution in [2.45, 2.75) is 32.7 Å². The van der Waals surface area contributed by atoms with Crippen molar-refractivity contribution in [2.75, 3.05) is 26.2 Å². The van der Waals surface area contributed by atoms with Gasteiger partial charge in [-0.25, -0.2) is 0 Å². The molecule has 2 rings (SSSR count). The van der Waals surface area contributed by atoms with E-state index in [1.54, 1.807) is 0 Å². The Labute approximate surface area is 148 Å². The first-order chi connectivity index (χ1) is 11.5. The van der Waals surface area contributed by atoms with Crippen molar-refractivity contribution >= 4 is 23.4 Å². The molecule has 1 unspecified atom stereocenters. The van der Waals surface area contributed by atoms with Gasteiger partial charge in [0.25, 0.3) is 0 Å². The van der Waals surface area contributed by atoms with Crippen molar-refractivity contribution in [3.63, 3.8) is 0 Å². The van der Waals surface area contributed by atoms with Crippen LogP contribution in [0.4, 0.5) is 0 Å². The van der Waals surface area contributed by atoms with Crippen LogP contribution in [0.5, 0.6) is 0 Å². The van der Waals surface area contributed by atoms with Crippen molar-refractivity contribution in [2.24, 2.45) is 5.92 Å². The lowest BCUT2D eigenvalue weighted by molar-refractivity contribution is -0.134. The number of halogens is 1. The summed E-state index contributed by atoms with van der Waals surface area (Å²) in [4.78, 5) is 26.1. The molecule has 24 heavy (non-hydrogen) atoms. The maximum absolute atomic E-state index is 12.6. The fourth-order valence-corrected chi connectivity index (χ4v) is 3.18. The number of carbonyl (C=O) groups is 2. The van der Waals surface area contributed by atoms with E-state index in [1.165, 1.54) is 0 Å². The third-order valence-corrected chi connectivity index (χ3v) is 4.43. The fraction of sp³-hybridized carbons (Fsp3) is 0.556. The molecule has 1 atom stereocenters. The van der Waals surface area contributed by atoms with Gasteiger partial charge in [-0.3, -0.25) is 9.59 Å². The van der Waals surface area contributed by atoms with Gasteiger partial charge in [0, 0.05) is 44.0 Å². The van der Waals surface area contributed by atoms with Gasteiger partial charge in [-0.15, -0.1) is 0 Å². The minimum absolute atomic E-state index is 0.000708. The highest BCUT2D eigenvalue weighted by Crippen LogP contribution is 2.28. The van der Waals surface area contributed by atoms with Gasteiger partial charge in [0.1, 0.15) is 0 Å². The van der Waals surface area contributed by atoms with Crippen molar-refractivity contribution in [3.8, 4) is 0 Å². The van der Waals surface area contributed by atoms with Crippen molar-refractivity contribution in [1.29, 1.82) is 0 Å². The Balaban J connectivity index is 1.94. The molecule has 0 saturated carbocycles. The van der Waals surface area contributed by atoms with Crippen molar-refractivity contribution < 1.29 is 9.59 Å². The van der Waals surface area contributed by atoms with E-state index < -0.39 is 0 Å². The molecule has 1 saturated heterocycles. The number of nitrogens with zero attached hydrogens (tertiary/aromatic N) is 1. The first kappa shape index (κ1) is 18.7. The second kappa shape index (κ2) is 9.04. The van der Waals surface area contributed by atoms with Crippen molar-refractivity contribution in [1.82, 2.24) is 15.5 Å². The Kier molecular flexibility index (Phi) is 7.06. The summed E-state index contributed by atoms with van der Waals surface area (Å²) in [6.45, 7) is 6.49. The minimum Gasteiger partial charge on any atom is -0.356 e. The molecular weight excluding hydrogens is 326 g/mol. The Bertz CT molecular complexity index is 577. The van der Waals surface area contributed by atoms with Crippen LogP contribution >= 0.6 is 11.6 Å². The van der Waals surface area contributed by atoms with E-state index in [9.17, 15) is 9.59 Å². The van der Waals surface area contributed by atoms with E-state index in [4.69, 9.17) is 11.6 Å². The number of hydrogen-bond acceptors (Lipinski definition) is 3. The Morgan fingerprint density at radius 2 is 2.12 bits per heavy atom. The molecule has 0 spiro atoms. The van der Waals surface area contributed by atoms with Gasteiger partial charge in [-0.1, -0.05) is 43.6 Å². The number of piperazine rings is 1. The topological polar surface area (TPSA) is 61.4 Å². The summed E-state index contributed by atoms with van der Waals surface area (Å²) in [5.74, 6) is 0.366. The second-order valence-electron chi connectivity index (χ2n) is 6.53. The van der Waals surface area contributed by atoms with Crippen LogP contribution in [0.15, 0.2) is 24.3 Å². The predicted molar refractivity (Wildman–Crippen MR) is 95.9 cm³/mol. The minimum atomic E-state index is -0.0636. The Morgan fingerprint density at radius 3 is 2.83 bits per heavy atom. The molecule has 6 heteroatoms. The maximum atomic E-state index is 12.6. The maximum Gasteiger partial charge on any atom is 0.224 e. The van der Waals surface area contributed by atoms with E-state index >= 15 is 0 Å². The average Bonchev–Trinajstić information content (AvgIpc) is 2.54. The molecule has 1 heterocycles. The molecular formula is C18H26ClN3O2. The van der Waals surface area contributed by atoms with Crippen LogP contribution in [-0.4, -0.2) is 42.9 Å². The highest BCUT2D eigenvalue weighted by molar-refractivity contribution is 6.31. The molecule has 1 aromatic rings. The smallest absolute Gasteiger partial charge is 0.224 e. The standard InChI is InChI=1S/C18H26ClN3O2/c1-13(2)11-17(23)21-8-7-18(24)22-10-9-20-12-16(22)14-5-3-4-6-15(14)19/h3-6,13,16,20H,7-12H2,1-2H3,(H,21,23). The van der Waals surface area contributed by atoms with E-state index in [0.717, 1.165) is 12.1 Å². The largest absolute Gasteiger partial charge is 0.356 e. The van der Waals surface area contributed by atoms with E-state index in [0.29, 0.717) is 43.4 Å². The molecule has 1 fully saturated rings. The summed E-state index contributed by atoms with van der Waals surface area (Å²) in [5, 5.41) is 6.82. The molecule has 5 nitrogen and oxygen atoms in total. The summed E-state index contributed by atoms with van der Waals surface area (Å²) < 4.78 is 0. The molecule has 1 aliphatic heterocycles. The number of nitrogens with one attached hydrogen (secondary N) is 2. The van der Waals surface area contributed by atoms with Gasteiger partial charge >= 0.3 is 0 Å². The third-order valence-electron chi connectivity index (χ3n) is 4.08. The van der Waals surface area contributed by atoms with E-state index in [2.05, 4.69) is 10.6 Å². The first-order valence-corrected chi connectivity index (χ1v) is 8.88. The molecule has 0 radical (unpaired) electrons. The summed E-state index contributed by atoms with van der Waals surface area (Å²) in [5.41, 5.74) is 0.962. The molecule has 132 valence electrons. The second-order valence-corrected chi connectivity index (χ2v) is 6.93. The zero-order chi connectivity index (χ0) is 17.5. The van der Waals surface area contributed by atoms with Crippen LogP contribution in [0.2, 0.25) is 5.02 Å². The van der Waals surface area contributed by atoms with Gasteiger partial charge in [0.05, 0.1) is 6.04 Å². The lowest BCUT2D eigenvalue weighted by Crippen LogP contribution is -2.49. The highest BCUT2D eigenvalue weighted by atomic mass is 35.5. The zero-order valence-corrected chi connectivity index (χ0v) is 15.1.